The summed E-state index contributed by atoms with van der Waals surface area (Å²) < 4.78 is 0. The molecule has 138 valence electrons. The van der Waals surface area contributed by atoms with Gasteiger partial charge in [-0.05, 0) is 37.8 Å². The Morgan fingerprint density at radius 2 is 1.92 bits per heavy atom. The van der Waals surface area contributed by atoms with Gasteiger partial charge in [0.1, 0.15) is 5.82 Å². The molecule has 0 radical (unpaired) electrons. The van der Waals surface area contributed by atoms with Crippen LogP contribution in [0.5, 0.6) is 0 Å². The van der Waals surface area contributed by atoms with E-state index in [1.165, 1.54) is 0 Å². The van der Waals surface area contributed by atoms with E-state index in [0.717, 1.165) is 12.8 Å². The zero-order chi connectivity index (χ0) is 18.5. The summed E-state index contributed by atoms with van der Waals surface area (Å²) in [5.74, 6) is 5.38. The Morgan fingerprint density at radius 3 is 2.65 bits per heavy atom. The van der Waals surface area contributed by atoms with Gasteiger partial charge in [-0.1, -0.05) is 12.1 Å². The fourth-order valence-electron chi connectivity index (χ4n) is 3.40. The number of hydrogen-bond acceptors (Lipinski definition) is 5. The average Bonchev–Trinajstić information content (AvgIpc) is 2.66. The van der Waals surface area contributed by atoms with Gasteiger partial charge < -0.3 is 10.3 Å². The number of nitrogens with two attached hydrogens (primary N) is 1. The van der Waals surface area contributed by atoms with Crippen LogP contribution in [-0.2, 0) is 16.0 Å². The molecule has 0 aliphatic heterocycles. The zero-order valence-electron chi connectivity index (χ0n) is 14.5. The predicted molar refractivity (Wildman–Crippen MR) is 96.9 cm³/mol. The lowest BCUT2D eigenvalue weighted by molar-refractivity contribution is -0.126. The van der Waals surface area contributed by atoms with Crippen molar-refractivity contribution in [2.75, 3.05) is 0 Å². The molecule has 1 aliphatic rings. The summed E-state index contributed by atoms with van der Waals surface area (Å²) in [5, 5.41) is 3.54. The summed E-state index contributed by atoms with van der Waals surface area (Å²) in [5.41, 5.74) is 2.62. The number of aromatic nitrogens is 2. The Balaban J connectivity index is 1.50. The fraction of sp³-hybridized carbons (Fsp3) is 0.444. The molecule has 3 rings (SSSR count). The molecule has 26 heavy (non-hydrogen) atoms. The second-order valence-corrected chi connectivity index (χ2v) is 6.65. The van der Waals surface area contributed by atoms with Crippen molar-refractivity contribution in [3.05, 3.63) is 40.4 Å². The summed E-state index contributed by atoms with van der Waals surface area (Å²) in [7, 11) is 0. The van der Waals surface area contributed by atoms with E-state index in [-0.39, 0.29) is 35.8 Å². The molecule has 2 amide bonds. The molecule has 8 nitrogen and oxygen atoms in total. The summed E-state index contributed by atoms with van der Waals surface area (Å²) >= 11 is 0. The third-order valence-corrected chi connectivity index (χ3v) is 4.86. The molecule has 0 spiro atoms. The quantitative estimate of drug-likeness (QED) is 0.352. The van der Waals surface area contributed by atoms with Crippen LogP contribution in [0.15, 0.2) is 29.1 Å². The number of aromatic amines is 1. The molecule has 1 aromatic heterocycles. The van der Waals surface area contributed by atoms with Crippen molar-refractivity contribution >= 4 is 22.7 Å². The number of benzene rings is 1. The molecule has 0 saturated heterocycles. The molecule has 0 unspecified atom stereocenters. The molecule has 1 saturated carbocycles. The second kappa shape index (κ2) is 8.09. The van der Waals surface area contributed by atoms with Crippen LogP contribution in [0, 0.1) is 5.92 Å². The smallest absolute Gasteiger partial charge is 0.258 e. The van der Waals surface area contributed by atoms with Crippen molar-refractivity contribution in [3.8, 4) is 0 Å². The SMILES string of the molecule is NNC(=O)[C@H]1CC[C@H](NC(=O)CCc2nc3ccccc3c(=O)[nH]2)CC1. The van der Waals surface area contributed by atoms with Gasteiger partial charge in [0, 0.05) is 24.8 Å². The predicted octanol–water partition coefficient (Wildman–Crippen LogP) is 0.521. The van der Waals surface area contributed by atoms with E-state index in [9.17, 15) is 14.4 Å². The maximum Gasteiger partial charge on any atom is 0.258 e. The number of carbonyl (C=O) groups excluding carboxylic acids is 2. The van der Waals surface area contributed by atoms with Crippen LogP contribution in [0.1, 0.15) is 37.9 Å². The molecule has 1 aromatic carbocycles. The number of nitrogens with one attached hydrogen (secondary N) is 3. The molecular weight excluding hydrogens is 334 g/mol. The summed E-state index contributed by atoms with van der Waals surface area (Å²) in [4.78, 5) is 42.9. The van der Waals surface area contributed by atoms with E-state index in [2.05, 4.69) is 20.7 Å². The number of fused-ring (bicyclic) bond motifs is 1. The summed E-state index contributed by atoms with van der Waals surface area (Å²) in [6, 6.07) is 7.20. The van der Waals surface area contributed by atoms with E-state index in [0.29, 0.717) is 36.0 Å². The van der Waals surface area contributed by atoms with Crippen LogP contribution in [-0.4, -0.2) is 27.8 Å². The molecule has 0 bridgehead atoms. The third-order valence-electron chi connectivity index (χ3n) is 4.86. The lowest BCUT2D eigenvalue weighted by Crippen LogP contribution is -2.42. The summed E-state index contributed by atoms with van der Waals surface area (Å²) in [6.07, 6.45) is 3.58. The van der Waals surface area contributed by atoms with Crippen molar-refractivity contribution in [3.63, 3.8) is 0 Å². The Labute approximate surface area is 150 Å². The van der Waals surface area contributed by atoms with Crippen LogP contribution in [0.2, 0.25) is 0 Å². The molecule has 1 heterocycles. The topological polar surface area (TPSA) is 130 Å². The van der Waals surface area contributed by atoms with Crippen LogP contribution in [0.3, 0.4) is 0 Å². The largest absolute Gasteiger partial charge is 0.353 e. The van der Waals surface area contributed by atoms with E-state index in [4.69, 9.17) is 5.84 Å². The van der Waals surface area contributed by atoms with Crippen LogP contribution >= 0.6 is 0 Å². The number of carbonyl (C=O) groups is 2. The highest BCUT2D eigenvalue weighted by Gasteiger charge is 2.26. The van der Waals surface area contributed by atoms with E-state index >= 15 is 0 Å². The van der Waals surface area contributed by atoms with Gasteiger partial charge in [0.25, 0.3) is 5.56 Å². The standard InChI is InChI=1S/C18H23N5O3/c19-23-17(25)11-5-7-12(8-6-11)20-16(24)10-9-15-21-14-4-2-1-3-13(14)18(26)22-15/h1-4,11-12H,5-10,19H2,(H,20,24)(H,23,25)(H,21,22,26)/t11-,12-. The molecule has 5 N–H and O–H groups in total. The Bertz CT molecular complexity index is 855. The lowest BCUT2D eigenvalue weighted by Gasteiger charge is -2.27. The van der Waals surface area contributed by atoms with Gasteiger partial charge in [0.15, 0.2) is 0 Å². The maximum absolute atomic E-state index is 12.2. The first kappa shape index (κ1) is 18.1. The number of hydrogen-bond donors (Lipinski definition) is 4. The van der Waals surface area contributed by atoms with Crippen LogP contribution in [0.25, 0.3) is 10.9 Å². The Kier molecular flexibility index (Phi) is 5.62. The van der Waals surface area contributed by atoms with Gasteiger partial charge in [0.05, 0.1) is 10.9 Å². The maximum atomic E-state index is 12.2. The highest BCUT2D eigenvalue weighted by atomic mass is 16.2. The summed E-state index contributed by atoms with van der Waals surface area (Å²) in [6.45, 7) is 0. The Hall–Kier alpha value is -2.74. The van der Waals surface area contributed by atoms with Crippen molar-refractivity contribution in [1.82, 2.24) is 20.7 Å². The minimum atomic E-state index is -0.192. The number of para-hydroxylation sites is 1. The Morgan fingerprint density at radius 1 is 1.19 bits per heavy atom. The first-order chi connectivity index (χ1) is 12.6. The van der Waals surface area contributed by atoms with Crippen molar-refractivity contribution in [1.29, 1.82) is 0 Å². The van der Waals surface area contributed by atoms with Gasteiger partial charge in [-0.2, -0.15) is 0 Å². The van der Waals surface area contributed by atoms with E-state index in [1.807, 2.05) is 6.07 Å². The van der Waals surface area contributed by atoms with E-state index < -0.39 is 0 Å². The molecule has 1 fully saturated rings. The highest BCUT2D eigenvalue weighted by Crippen LogP contribution is 2.24. The third kappa shape index (κ3) is 4.26. The minimum Gasteiger partial charge on any atom is -0.353 e. The highest BCUT2D eigenvalue weighted by molar-refractivity contribution is 5.79. The number of amides is 2. The average molecular weight is 357 g/mol. The van der Waals surface area contributed by atoms with E-state index in [1.54, 1.807) is 18.2 Å². The number of aryl methyl sites for hydroxylation is 1. The van der Waals surface area contributed by atoms with Gasteiger partial charge >= 0.3 is 0 Å². The lowest BCUT2D eigenvalue weighted by atomic mass is 9.85. The first-order valence-electron chi connectivity index (χ1n) is 8.84. The van der Waals surface area contributed by atoms with Gasteiger partial charge in [-0.3, -0.25) is 19.8 Å². The normalized spacial score (nSPS) is 19.9. The minimum absolute atomic E-state index is 0.0694. The van der Waals surface area contributed by atoms with Crippen LogP contribution < -0.4 is 22.1 Å². The fourth-order valence-corrected chi connectivity index (χ4v) is 3.40. The number of hydrazine groups is 1. The number of rotatable bonds is 5. The molecule has 1 aliphatic carbocycles. The number of H-pyrrole nitrogens is 1. The zero-order valence-corrected chi connectivity index (χ0v) is 14.5. The molecule has 2 aromatic rings. The molecule has 8 heteroatoms. The van der Waals surface area contributed by atoms with Crippen molar-refractivity contribution < 1.29 is 9.59 Å². The van der Waals surface area contributed by atoms with Crippen LogP contribution in [0.4, 0.5) is 0 Å². The van der Waals surface area contributed by atoms with Crippen molar-refractivity contribution in [2.24, 2.45) is 11.8 Å². The monoisotopic (exact) mass is 357 g/mol. The molecular formula is C18H23N5O3. The first-order valence-corrected chi connectivity index (χ1v) is 8.84. The van der Waals surface area contributed by atoms with Gasteiger partial charge in [-0.25, -0.2) is 10.8 Å². The second-order valence-electron chi connectivity index (χ2n) is 6.65. The van der Waals surface area contributed by atoms with Gasteiger partial charge in [-0.15, -0.1) is 0 Å². The number of nitrogens with zero attached hydrogens (tertiary/aromatic N) is 1. The molecule has 0 atom stereocenters. The van der Waals surface area contributed by atoms with Crippen molar-refractivity contribution in [2.45, 2.75) is 44.6 Å². The van der Waals surface area contributed by atoms with Gasteiger partial charge in [0.2, 0.25) is 11.8 Å².